The van der Waals surface area contributed by atoms with Crippen molar-refractivity contribution >= 4 is 15.9 Å². The molecule has 2 aliphatic rings. The average molecular weight is 366 g/mol. The Morgan fingerprint density at radius 2 is 2.04 bits per heavy atom. The van der Waals surface area contributed by atoms with E-state index in [9.17, 15) is 13.2 Å². The summed E-state index contributed by atoms with van der Waals surface area (Å²) in [5, 5.41) is 2.95. The van der Waals surface area contributed by atoms with Gasteiger partial charge in [-0.1, -0.05) is 43.7 Å². The van der Waals surface area contributed by atoms with E-state index in [1.807, 2.05) is 37.3 Å². The number of unbranched alkanes of at least 4 members (excludes halogenated alkanes) is 1. The maximum atomic E-state index is 12.5. The lowest BCUT2D eigenvalue weighted by Gasteiger charge is -2.32. The molecule has 2 aliphatic heterocycles. The molecular weight excluding hydrogens is 340 g/mol. The van der Waals surface area contributed by atoms with Crippen molar-refractivity contribution < 1.29 is 17.9 Å². The van der Waals surface area contributed by atoms with Gasteiger partial charge < -0.3 is 10.1 Å². The Bertz CT molecular complexity index is 692. The molecule has 25 heavy (non-hydrogen) atoms. The number of amides is 1. The quantitative estimate of drug-likeness (QED) is 0.794. The molecule has 2 fully saturated rings. The van der Waals surface area contributed by atoms with Crippen LogP contribution >= 0.6 is 0 Å². The van der Waals surface area contributed by atoms with Crippen LogP contribution in [0.2, 0.25) is 0 Å². The van der Waals surface area contributed by atoms with E-state index in [0.29, 0.717) is 25.9 Å². The Morgan fingerprint density at radius 1 is 1.28 bits per heavy atom. The minimum absolute atomic E-state index is 0.0517. The van der Waals surface area contributed by atoms with Gasteiger partial charge in [0.05, 0.1) is 23.9 Å². The van der Waals surface area contributed by atoms with Gasteiger partial charge in [-0.2, -0.15) is 4.31 Å². The minimum atomic E-state index is -3.25. The second kappa shape index (κ2) is 7.85. The number of morpholine rings is 1. The molecule has 0 spiro atoms. The van der Waals surface area contributed by atoms with Gasteiger partial charge in [0.25, 0.3) is 0 Å². The van der Waals surface area contributed by atoms with Crippen molar-refractivity contribution in [3.8, 4) is 0 Å². The molecule has 2 bridgehead atoms. The Balaban J connectivity index is 1.58. The molecule has 3 atom stereocenters. The first-order chi connectivity index (χ1) is 12.0. The smallest absolute Gasteiger partial charge is 0.226 e. The molecule has 7 heteroatoms. The lowest BCUT2D eigenvalue weighted by molar-refractivity contribution is -0.127. The number of nitrogens with one attached hydrogen (secondary N) is 1. The maximum absolute atomic E-state index is 12.5. The van der Waals surface area contributed by atoms with Crippen LogP contribution in [0, 0.1) is 5.92 Å². The Hall–Kier alpha value is -1.44. The number of hydrogen-bond donors (Lipinski definition) is 1. The molecule has 1 aromatic carbocycles. The SMILES string of the molecule is CCCCS(=O)(=O)N1C[C@@H]2C[C@@H](C(=O)NCc3ccccc3)[C@H](C1)O2. The number of nitrogens with zero attached hydrogens (tertiary/aromatic N) is 1. The van der Waals surface area contributed by atoms with Gasteiger partial charge in [-0.3, -0.25) is 4.79 Å². The van der Waals surface area contributed by atoms with Gasteiger partial charge >= 0.3 is 0 Å². The zero-order chi connectivity index (χ0) is 17.9. The number of ether oxygens (including phenoxy) is 1. The summed E-state index contributed by atoms with van der Waals surface area (Å²) in [6.45, 7) is 3.11. The van der Waals surface area contributed by atoms with E-state index in [0.717, 1.165) is 12.0 Å². The molecule has 3 rings (SSSR count). The monoisotopic (exact) mass is 366 g/mol. The summed E-state index contributed by atoms with van der Waals surface area (Å²) in [6, 6.07) is 9.74. The zero-order valence-electron chi connectivity index (χ0n) is 14.6. The highest BCUT2D eigenvalue weighted by Crippen LogP contribution is 2.33. The molecule has 0 saturated carbocycles. The van der Waals surface area contributed by atoms with E-state index < -0.39 is 10.0 Å². The van der Waals surface area contributed by atoms with Crippen LogP contribution < -0.4 is 5.32 Å². The van der Waals surface area contributed by atoms with Crippen molar-refractivity contribution in [1.29, 1.82) is 0 Å². The van der Waals surface area contributed by atoms with Crippen LogP contribution in [0.4, 0.5) is 0 Å². The predicted octanol–water partition coefficient (Wildman–Crippen LogP) is 1.52. The number of benzene rings is 1. The number of hydrogen-bond acceptors (Lipinski definition) is 4. The summed E-state index contributed by atoms with van der Waals surface area (Å²) in [5.41, 5.74) is 1.04. The van der Waals surface area contributed by atoms with E-state index >= 15 is 0 Å². The molecule has 2 saturated heterocycles. The van der Waals surface area contributed by atoms with E-state index in [4.69, 9.17) is 4.74 Å². The van der Waals surface area contributed by atoms with Crippen molar-refractivity contribution in [2.75, 3.05) is 18.8 Å². The second-order valence-electron chi connectivity index (χ2n) is 6.83. The fraction of sp³-hybridized carbons (Fsp3) is 0.611. The molecule has 6 nitrogen and oxygen atoms in total. The highest BCUT2D eigenvalue weighted by atomic mass is 32.2. The van der Waals surface area contributed by atoms with Crippen molar-refractivity contribution in [3.63, 3.8) is 0 Å². The largest absolute Gasteiger partial charge is 0.371 e. The Morgan fingerprint density at radius 3 is 2.76 bits per heavy atom. The van der Waals surface area contributed by atoms with Crippen LogP contribution in [0.15, 0.2) is 30.3 Å². The van der Waals surface area contributed by atoms with Crippen molar-refractivity contribution in [2.45, 2.75) is 44.9 Å². The summed E-state index contributed by atoms with van der Waals surface area (Å²) in [5.74, 6) is -0.155. The highest BCUT2D eigenvalue weighted by Gasteiger charge is 2.47. The molecule has 0 unspecified atom stereocenters. The Kier molecular flexibility index (Phi) is 5.76. The third-order valence-electron chi connectivity index (χ3n) is 4.92. The molecule has 138 valence electrons. The second-order valence-corrected chi connectivity index (χ2v) is 8.92. The van der Waals surface area contributed by atoms with Gasteiger partial charge in [0.1, 0.15) is 0 Å². The minimum Gasteiger partial charge on any atom is -0.371 e. The average Bonchev–Trinajstić information content (AvgIpc) is 2.92. The first-order valence-electron chi connectivity index (χ1n) is 8.94. The molecule has 1 N–H and O–H groups in total. The zero-order valence-corrected chi connectivity index (χ0v) is 15.4. The Labute approximate surface area is 149 Å². The summed E-state index contributed by atoms with van der Waals surface area (Å²) in [4.78, 5) is 12.5. The summed E-state index contributed by atoms with van der Waals surface area (Å²) < 4.78 is 32.2. The summed E-state index contributed by atoms with van der Waals surface area (Å²) in [7, 11) is -3.25. The lowest BCUT2D eigenvalue weighted by atomic mass is 9.99. The highest BCUT2D eigenvalue weighted by molar-refractivity contribution is 7.89. The van der Waals surface area contributed by atoms with Gasteiger partial charge in [-0.25, -0.2) is 8.42 Å². The molecule has 0 aromatic heterocycles. The maximum Gasteiger partial charge on any atom is 0.226 e. The van der Waals surface area contributed by atoms with E-state index in [2.05, 4.69) is 5.32 Å². The van der Waals surface area contributed by atoms with Gasteiger partial charge in [-0.05, 0) is 18.4 Å². The van der Waals surface area contributed by atoms with Gasteiger partial charge in [0.15, 0.2) is 0 Å². The molecule has 1 amide bonds. The van der Waals surface area contributed by atoms with Gasteiger partial charge in [0.2, 0.25) is 15.9 Å². The topological polar surface area (TPSA) is 75.7 Å². The van der Waals surface area contributed by atoms with Crippen LogP contribution in [0.1, 0.15) is 31.7 Å². The standard InChI is InChI=1S/C18H26N2O4S/c1-2-3-9-25(22,23)20-12-15-10-16(17(13-20)24-15)18(21)19-11-14-7-5-4-6-8-14/h4-8,15-17H,2-3,9-13H2,1H3,(H,19,21)/t15-,16+,17-/m0/s1. The van der Waals surface area contributed by atoms with Crippen molar-refractivity contribution in [1.82, 2.24) is 9.62 Å². The number of rotatable bonds is 7. The lowest BCUT2D eigenvalue weighted by Crippen LogP contribution is -2.48. The van der Waals surface area contributed by atoms with Crippen LogP contribution in [-0.2, 0) is 26.1 Å². The third kappa shape index (κ3) is 4.40. The first kappa shape index (κ1) is 18.4. The number of carbonyl (C=O) groups is 1. The third-order valence-corrected chi connectivity index (χ3v) is 6.81. The van der Waals surface area contributed by atoms with E-state index in [-0.39, 0.29) is 36.3 Å². The predicted molar refractivity (Wildman–Crippen MR) is 95.3 cm³/mol. The normalized spacial score (nSPS) is 26.5. The van der Waals surface area contributed by atoms with Crippen LogP contribution in [0.25, 0.3) is 0 Å². The summed E-state index contributed by atoms with van der Waals surface area (Å²) in [6.07, 6.45) is 1.58. The number of carbonyl (C=O) groups excluding carboxylic acids is 1. The molecule has 0 aliphatic carbocycles. The van der Waals surface area contributed by atoms with Crippen molar-refractivity contribution in [2.24, 2.45) is 5.92 Å². The van der Waals surface area contributed by atoms with Crippen LogP contribution in [0.3, 0.4) is 0 Å². The first-order valence-corrected chi connectivity index (χ1v) is 10.6. The molecule has 1 aromatic rings. The fourth-order valence-corrected chi connectivity index (χ4v) is 5.18. The number of sulfonamides is 1. The summed E-state index contributed by atoms with van der Waals surface area (Å²) >= 11 is 0. The van der Waals surface area contributed by atoms with E-state index in [1.165, 1.54) is 4.31 Å². The van der Waals surface area contributed by atoms with Crippen LogP contribution in [0.5, 0.6) is 0 Å². The molecule has 2 heterocycles. The van der Waals surface area contributed by atoms with Crippen molar-refractivity contribution in [3.05, 3.63) is 35.9 Å². The molecular formula is C18H26N2O4S. The fourth-order valence-electron chi connectivity index (χ4n) is 3.50. The number of fused-ring (bicyclic) bond motifs is 2. The van der Waals surface area contributed by atoms with Gasteiger partial charge in [0, 0.05) is 19.6 Å². The van der Waals surface area contributed by atoms with Gasteiger partial charge in [-0.15, -0.1) is 0 Å². The molecule has 0 radical (unpaired) electrons. The van der Waals surface area contributed by atoms with Crippen LogP contribution in [-0.4, -0.2) is 49.7 Å². The van der Waals surface area contributed by atoms with E-state index in [1.54, 1.807) is 0 Å².